The van der Waals surface area contributed by atoms with E-state index in [9.17, 15) is 0 Å². The van der Waals surface area contributed by atoms with Crippen molar-refractivity contribution >= 4 is 23.0 Å². The Bertz CT molecular complexity index is 674. The number of nitrogens with one attached hydrogen (secondary N) is 2. The Morgan fingerprint density at radius 1 is 1.08 bits per heavy atom. The highest BCUT2D eigenvalue weighted by atomic mass is 32.1. The van der Waals surface area contributed by atoms with Gasteiger partial charge < -0.3 is 15.1 Å². The highest BCUT2D eigenvalue weighted by Gasteiger charge is 2.38. The molecular formula is C20H25N3OS. The molecule has 5 heteroatoms. The second kappa shape index (κ2) is 7.58. The van der Waals surface area contributed by atoms with Gasteiger partial charge in [-0.15, -0.1) is 0 Å². The average molecular weight is 356 g/mol. The van der Waals surface area contributed by atoms with Crippen molar-refractivity contribution in [3.63, 3.8) is 0 Å². The third-order valence-corrected chi connectivity index (χ3v) is 5.63. The number of furan rings is 1. The van der Waals surface area contributed by atoms with Crippen LogP contribution in [-0.2, 0) is 6.54 Å². The van der Waals surface area contributed by atoms with Crippen LogP contribution in [0, 0.1) is 0 Å². The van der Waals surface area contributed by atoms with Crippen molar-refractivity contribution in [3.8, 4) is 0 Å². The minimum Gasteiger partial charge on any atom is -0.468 e. The van der Waals surface area contributed by atoms with Crippen LogP contribution in [0.5, 0.6) is 0 Å². The number of para-hydroxylation sites is 1. The molecule has 2 N–H and O–H groups in total. The lowest BCUT2D eigenvalue weighted by Crippen LogP contribution is -2.56. The second-order valence-electron chi connectivity index (χ2n) is 7.12. The van der Waals surface area contributed by atoms with Crippen LogP contribution in [0.1, 0.15) is 37.9 Å². The summed E-state index contributed by atoms with van der Waals surface area (Å²) in [7, 11) is 0. The van der Waals surface area contributed by atoms with Gasteiger partial charge in [0.05, 0.1) is 12.8 Å². The van der Waals surface area contributed by atoms with E-state index in [1.165, 1.54) is 19.3 Å². The van der Waals surface area contributed by atoms with E-state index in [-0.39, 0.29) is 0 Å². The van der Waals surface area contributed by atoms with Crippen molar-refractivity contribution in [3.05, 3.63) is 54.5 Å². The van der Waals surface area contributed by atoms with E-state index in [0.29, 0.717) is 18.1 Å². The summed E-state index contributed by atoms with van der Waals surface area (Å²) >= 11 is 5.52. The normalized spacial score (nSPS) is 26.2. The van der Waals surface area contributed by atoms with E-state index >= 15 is 0 Å². The lowest BCUT2D eigenvalue weighted by molar-refractivity contribution is 0.0161. The van der Waals surface area contributed by atoms with Crippen LogP contribution in [0.4, 0.5) is 5.69 Å². The molecule has 0 amide bonds. The summed E-state index contributed by atoms with van der Waals surface area (Å²) in [4.78, 5) is 2.65. The molecule has 4 nitrogen and oxygen atoms in total. The molecule has 0 spiro atoms. The van der Waals surface area contributed by atoms with E-state index in [1.807, 2.05) is 36.4 Å². The van der Waals surface area contributed by atoms with Gasteiger partial charge in [0.25, 0.3) is 0 Å². The fourth-order valence-corrected chi connectivity index (χ4v) is 4.60. The Morgan fingerprint density at radius 3 is 2.52 bits per heavy atom. The average Bonchev–Trinajstić information content (AvgIpc) is 3.09. The van der Waals surface area contributed by atoms with Crippen molar-refractivity contribution in [1.29, 1.82) is 0 Å². The SMILES string of the molecule is S=C(Nc1ccccc1)NC1C[C@H]2CCC[C@@H](C1)N2Cc1ccco1. The third-order valence-electron chi connectivity index (χ3n) is 5.41. The van der Waals surface area contributed by atoms with E-state index in [2.05, 4.69) is 21.6 Å². The first-order valence-corrected chi connectivity index (χ1v) is 9.59. The molecule has 0 aliphatic carbocycles. The number of hydrogen-bond acceptors (Lipinski definition) is 3. The number of benzene rings is 1. The molecule has 2 bridgehead atoms. The lowest BCUT2D eigenvalue weighted by Gasteiger charge is -2.48. The molecule has 2 aliphatic rings. The summed E-state index contributed by atoms with van der Waals surface area (Å²) in [5.74, 6) is 1.07. The lowest BCUT2D eigenvalue weighted by atomic mass is 9.81. The van der Waals surface area contributed by atoms with Crippen LogP contribution < -0.4 is 10.6 Å². The number of nitrogens with zero attached hydrogens (tertiary/aromatic N) is 1. The van der Waals surface area contributed by atoms with Crippen LogP contribution in [0.15, 0.2) is 53.1 Å². The maximum Gasteiger partial charge on any atom is 0.170 e. The monoisotopic (exact) mass is 355 g/mol. The molecule has 1 aromatic heterocycles. The summed E-state index contributed by atoms with van der Waals surface area (Å²) in [6.07, 6.45) is 7.95. The van der Waals surface area contributed by atoms with Gasteiger partial charge in [0.2, 0.25) is 0 Å². The van der Waals surface area contributed by atoms with E-state index in [0.717, 1.165) is 35.9 Å². The number of thiocarbonyl (C=S) groups is 1. The first-order valence-electron chi connectivity index (χ1n) is 9.18. The van der Waals surface area contributed by atoms with Gasteiger partial charge in [-0.05, 0) is 62.2 Å². The maximum atomic E-state index is 5.57. The number of hydrogen-bond donors (Lipinski definition) is 2. The van der Waals surface area contributed by atoms with Gasteiger partial charge in [-0.25, -0.2) is 0 Å². The van der Waals surface area contributed by atoms with Crippen molar-refractivity contribution in [1.82, 2.24) is 10.2 Å². The number of rotatable bonds is 4. The van der Waals surface area contributed by atoms with Crippen LogP contribution in [0.3, 0.4) is 0 Å². The standard InChI is InChI=1S/C20H25N3OS/c25-20(21-15-6-2-1-3-7-15)22-16-12-17-8-4-9-18(13-16)23(17)14-19-10-5-11-24-19/h1-3,5-7,10-11,16-18H,4,8-9,12-14H2,(H2,21,22,25)/t16?,17-,18+. The molecular weight excluding hydrogens is 330 g/mol. The minimum absolute atomic E-state index is 0.451. The highest BCUT2D eigenvalue weighted by Crippen LogP contribution is 2.35. The zero-order valence-electron chi connectivity index (χ0n) is 14.4. The molecule has 1 aromatic carbocycles. The first kappa shape index (κ1) is 16.6. The second-order valence-corrected chi connectivity index (χ2v) is 7.53. The summed E-state index contributed by atoms with van der Waals surface area (Å²) in [6, 6.07) is 15.9. The molecule has 132 valence electrons. The van der Waals surface area contributed by atoms with E-state index in [4.69, 9.17) is 16.6 Å². The fourth-order valence-electron chi connectivity index (χ4n) is 4.31. The van der Waals surface area contributed by atoms with Crippen molar-refractivity contribution < 1.29 is 4.42 Å². The van der Waals surface area contributed by atoms with Gasteiger partial charge >= 0.3 is 0 Å². The van der Waals surface area contributed by atoms with Crippen LogP contribution in [0.25, 0.3) is 0 Å². The maximum absolute atomic E-state index is 5.57. The number of anilines is 1. The Kier molecular flexibility index (Phi) is 5.04. The summed E-state index contributed by atoms with van der Waals surface area (Å²) in [5.41, 5.74) is 1.04. The molecule has 0 saturated carbocycles. The first-order chi connectivity index (χ1) is 12.3. The fraction of sp³-hybridized carbons (Fsp3) is 0.450. The zero-order chi connectivity index (χ0) is 17.1. The van der Waals surface area contributed by atoms with Crippen molar-refractivity contribution in [2.75, 3.05) is 5.32 Å². The molecule has 4 rings (SSSR count). The molecule has 1 unspecified atom stereocenters. The van der Waals surface area contributed by atoms with E-state index in [1.54, 1.807) is 6.26 Å². The van der Waals surface area contributed by atoms with Gasteiger partial charge in [0, 0.05) is 23.8 Å². The molecule has 2 aliphatic heterocycles. The molecule has 2 fully saturated rings. The molecule has 3 atom stereocenters. The van der Waals surface area contributed by atoms with Crippen molar-refractivity contribution in [2.45, 2.75) is 56.8 Å². The van der Waals surface area contributed by atoms with Crippen LogP contribution >= 0.6 is 12.2 Å². The topological polar surface area (TPSA) is 40.4 Å². The van der Waals surface area contributed by atoms with Crippen molar-refractivity contribution in [2.24, 2.45) is 0 Å². The summed E-state index contributed by atoms with van der Waals surface area (Å²) < 4.78 is 5.57. The van der Waals surface area contributed by atoms with Gasteiger partial charge in [-0.2, -0.15) is 0 Å². The third kappa shape index (κ3) is 4.05. The largest absolute Gasteiger partial charge is 0.468 e. The Balaban J connectivity index is 1.35. The smallest absolute Gasteiger partial charge is 0.170 e. The Morgan fingerprint density at radius 2 is 1.84 bits per heavy atom. The van der Waals surface area contributed by atoms with E-state index < -0.39 is 0 Å². The zero-order valence-corrected chi connectivity index (χ0v) is 15.2. The quantitative estimate of drug-likeness (QED) is 0.806. The molecule has 3 heterocycles. The van der Waals surface area contributed by atoms with Gasteiger partial charge in [-0.3, -0.25) is 4.90 Å². The predicted octanol–water partition coefficient (Wildman–Crippen LogP) is 4.15. The number of piperidine rings is 2. The van der Waals surface area contributed by atoms with Gasteiger partial charge in [-0.1, -0.05) is 24.6 Å². The summed E-state index contributed by atoms with van der Waals surface area (Å²) in [5, 5.41) is 7.57. The number of fused-ring (bicyclic) bond motifs is 2. The Hall–Kier alpha value is -1.85. The molecule has 2 aromatic rings. The van der Waals surface area contributed by atoms with Crippen LogP contribution in [-0.4, -0.2) is 28.1 Å². The predicted molar refractivity (Wildman–Crippen MR) is 104 cm³/mol. The summed E-state index contributed by atoms with van der Waals surface area (Å²) in [6.45, 7) is 0.932. The van der Waals surface area contributed by atoms with Gasteiger partial charge in [0.1, 0.15) is 5.76 Å². The molecule has 0 radical (unpaired) electrons. The highest BCUT2D eigenvalue weighted by molar-refractivity contribution is 7.80. The molecule has 25 heavy (non-hydrogen) atoms. The Labute approximate surface area is 154 Å². The van der Waals surface area contributed by atoms with Crippen LogP contribution in [0.2, 0.25) is 0 Å². The minimum atomic E-state index is 0.451. The molecule has 2 saturated heterocycles. The van der Waals surface area contributed by atoms with Gasteiger partial charge in [0.15, 0.2) is 5.11 Å².